The van der Waals surface area contributed by atoms with Crippen molar-refractivity contribution in [1.29, 1.82) is 0 Å². The first-order valence-electron chi connectivity index (χ1n) is 15.3. The maximum absolute atomic E-state index is 13.6. The second kappa shape index (κ2) is 8.22. The highest BCUT2D eigenvalue weighted by Gasteiger charge is 2.23. The lowest BCUT2D eigenvalue weighted by Crippen LogP contribution is -2.36. The molecule has 1 fully saturated rings. The van der Waals surface area contributed by atoms with Crippen molar-refractivity contribution in [3.05, 3.63) is 27.3 Å². The normalized spacial score (nSPS) is 29.2. The average molecular weight is 393 g/mol. The first-order chi connectivity index (χ1) is 18.4. The number of piperidine rings is 1. The van der Waals surface area contributed by atoms with Crippen LogP contribution in [-0.4, -0.2) is 46.6 Å². The molecule has 3 heterocycles. The van der Waals surface area contributed by atoms with Crippen LogP contribution in [0.15, 0.2) is 16.2 Å². The summed E-state index contributed by atoms with van der Waals surface area (Å²) in [5.41, 5.74) is -3.35. The van der Waals surface area contributed by atoms with Gasteiger partial charge in [0.15, 0.2) is 1.41 Å². The molecule has 0 radical (unpaired) electrons. The second-order valence-electron chi connectivity index (χ2n) is 5.47. The molecule has 0 bridgehead atoms. The maximum atomic E-state index is 13.6. The van der Waals surface area contributed by atoms with Gasteiger partial charge in [0.1, 0.15) is 16.1 Å². The van der Waals surface area contributed by atoms with Crippen molar-refractivity contribution in [2.75, 3.05) is 26.1 Å². The van der Waals surface area contributed by atoms with E-state index in [2.05, 4.69) is 0 Å². The molecule has 2 N–H and O–H groups in total. The van der Waals surface area contributed by atoms with E-state index in [1.165, 1.54) is 4.90 Å². The molecule has 0 spiro atoms. The van der Waals surface area contributed by atoms with Crippen LogP contribution in [0.5, 0.6) is 5.75 Å². The molecule has 26 heavy (non-hydrogen) atoms. The lowest BCUT2D eigenvalue weighted by atomic mass is 10.1. The number of pyridine rings is 1. The summed E-state index contributed by atoms with van der Waals surface area (Å²) in [7, 11) is 0. The lowest BCUT2D eigenvalue weighted by Gasteiger charge is -2.26. The number of thiophene rings is 1. The van der Waals surface area contributed by atoms with Gasteiger partial charge >= 0.3 is 0 Å². The van der Waals surface area contributed by atoms with Crippen LogP contribution >= 0.6 is 11.3 Å². The Labute approximate surface area is 178 Å². The third kappa shape index (κ3) is 3.78. The molecule has 1 unspecified atom stereocenters. The number of rotatable bonds is 6. The monoisotopic (exact) mass is 392 g/mol. The van der Waals surface area contributed by atoms with Gasteiger partial charge in [0.05, 0.1) is 9.50 Å². The molecule has 0 aromatic carbocycles. The Morgan fingerprint density at radius 3 is 3.12 bits per heavy atom. The molecule has 2 aromatic heterocycles. The van der Waals surface area contributed by atoms with Gasteiger partial charge in [-0.25, -0.2) is 0 Å². The Morgan fingerprint density at radius 1 is 1.62 bits per heavy atom. The number of aromatic nitrogens is 1. The molecule has 0 aliphatic carbocycles. The predicted octanol–water partition coefficient (Wildman–Crippen LogP) is 2.96. The summed E-state index contributed by atoms with van der Waals surface area (Å²) in [6.07, 6.45) is -2.15. The van der Waals surface area contributed by atoms with Crippen molar-refractivity contribution in [2.24, 2.45) is 0 Å². The Balaban J connectivity index is 2.17. The van der Waals surface area contributed by atoms with Gasteiger partial charge < -0.3 is 15.3 Å². The number of carbonyl (C=O) groups excluding carboxylic acids is 1. The minimum atomic E-state index is -3.79. The van der Waals surface area contributed by atoms with E-state index in [4.69, 9.17) is 20.6 Å². The molecule has 6 nitrogen and oxygen atoms in total. The zero-order chi connectivity index (χ0) is 31.7. The summed E-state index contributed by atoms with van der Waals surface area (Å²) in [6, 6.07) is -4.63. The van der Waals surface area contributed by atoms with Crippen LogP contribution in [-0.2, 0) is 0 Å². The van der Waals surface area contributed by atoms with Crippen LogP contribution in [0.1, 0.15) is 74.9 Å². The number of fused-ring (bicyclic) bond motifs is 1. The van der Waals surface area contributed by atoms with Gasteiger partial charge in [-0.2, -0.15) is 0 Å². The fourth-order valence-electron chi connectivity index (χ4n) is 2.58. The Kier molecular flexibility index (Phi) is 2.42. The third-order valence-electron chi connectivity index (χ3n) is 3.84. The van der Waals surface area contributed by atoms with Gasteiger partial charge in [-0.15, -0.1) is 11.3 Å². The standard InChI is InChI=1S/C19H27N3O3S/c1-13(2)22-18(25)15(16(23)14-7-12-26-19(14)22)17(24)20-8-6-11-21-9-4-3-5-10-21/h7,12-13,23H,3-6,8-11H2,1-2H3,(H,20,24)/i1D3,2D3,3D2,7D,8D2,11D,12D,13D/hD. The molecule has 3 rings (SSSR count). The van der Waals surface area contributed by atoms with Crippen molar-refractivity contribution < 1.29 is 30.5 Å². The zero-order valence-corrected chi connectivity index (χ0v) is 14.4. The molecule has 0 saturated carbocycles. The van der Waals surface area contributed by atoms with Crippen LogP contribution in [0.25, 0.3) is 10.2 Å². The predicted molar refractivity (Wildman–Crippen MR) is 105 cm³/mol. The number of hydrogen-bond acceptors (Lipinski definition) is 5. The highest BCUT2D eigenvalue weighted by atomic mass is 32.1. The fraction of sp³-hybridized carbons (Fsp3) is 0.579. The lowest BCUT2D eigenvalue weighted by molar-refractivity contribution is 0.0946. The molecule has 142 valence electrons. The summed E-state index contributed by atoms with van der Waals surface area (Å²) in [5.74, 6) is -3.19. The minimum absolute atomic E-state index is 0.0677. The number of nitrogens with zero attached hydrogens (tertiary/aromatic N) is 2. The Hall–Kier alpha value is -1.86. The van der Waals surface area contributed by atoms with Crippen molar-refractivity contribution in [2.45, 2.75) is 45.4 Å². The van der Waals surface area contributed by atoms with Gasteiger partial charge in [0.25, 0.3) is 11.5 Å². The number of amides is 1. The van der Waals surface area contributed by atoms with E-state index >= 15 is 0 Å². The van der Waals surface area contributed by atoms with E-state index in [9.17, 15) is 14.7 Å². The van der Waals surface area contributed by atoms with Gasteiger partial charge in [-0.05, 0) is 64.0 Å². The highest BCUT2D eigenvalue weighted by molar-refractivity contribution is 7.16. The van der Waals surface area contributed by atoms with Crippen molar-refractivity contribution in [3.63, 3.8) is 0 Å². The van der Waals surface area contributed by atoms with E-state index in [1.54, 1.807) is 0 Å². The Morgan fingerprint density at radius 2 is 2.38 bits per heavy atom. The molecule has 2 aromatic rings. The van der Waals surface area contributed by atoms with Crippen LogP contribution < -0.4 is 10.9 Å². The summed E-state index contributed by atoms with van der Waals surface area (Å²) >= 11 is 0.210. The second-order valence-corrected chi connectivity index (χ2v) is 6.26. The van der Waals surface area contributed by atoms with Crippen LogP contribution in [0.2, 0.25) is 1.41 Å². The highest BCUT2D eigenvalue weighted by Crippen LogP contribution is 2.31. The smallest absolute Gasteiger partial charge is 0.268 e. The zero-order valence-electron chi connectivity index (χ0n) is 28.6. The topological polar surface area (TPSA) is 74.6 Å². The summed E-state index contributed by atoms with van der Waals surface area (Å²) in [6.45, 7) is -11.7. The minimum Gasteiger partial charge on any atom is -0.506 e. The van der Waals surface area contributed by atoms with Crippen molar-refractivity contribution in [3.8, 4) is 5.75 Å². The summed E-state index contributed by atoms with van der Waals surface area (Å²) < 4.78 is 119. The molecule has 1 aliphatic rings. The SMILES string of the molecule is [2H]c1sc2c(c1[2H])c(O)c(C(=O)N([2H])C([2H])([2H])CC([2H])N1CCC([2H])([2H])CC1)c(=O)n2C([2H])(C([2H])([2H])[2H])C([2H])([2H])[2H]. The van der Waals surface area contributed by atoms with E-state index in [0.717, 1.165) is 0 Å². The Bertz CT molecular complexity index is 1380. The molecule has 1 atom stereocenters. The number of hydrogen-bond donors (Lipinski definition) is 2. The molecule has 1 saturated heterocycles. The fourth-order valence-corrected chi connectivity index (χ4v) is 3.35. The van der Waals surface area contributed by atoms with E-state index < -0.39 is 89.9 Å². The van der Waals surface area contributed by atoms with E-state index in [0.29, 0.717) is 0 Å². The van der Waals surface area contributed by atoms with Crippen molar-refractivity contribution >= 4 is 27.5 Å². The number of nitrogens with one attached hydrogen (secondary N) is 1. The summed E-state index contributed by atoms with van der Waals surface area (Å²) in [5, 5.41) is 9.00. The largest absolute Gasteiger partial charge is 0.506 e. The first kappa shape index (κ1) is 7.64. The van der Waals surface area contributed by atoms with Gasteiger partial charge in [-0.3, -0.25) is 14.2 Å². The van der Waals surface area contributed by atoms with Gasteiger partial charge in [-0.1, -0.05) is 6.37 Å². The van der Waals surface area contributed by atoms with E-state index in [1.807, 2.05) is 0 Å². The molecular formula is C19H27N3O3S. The molecule has 7 heteroatoms. The van der Waals surface area contributed by atoms with Crippen LogP contribution in [0.3, 0.4) is 0 Å². The van der Waals surface area contributed by atoms with Crippen LogP contribution in [0.4, 0.5) is 0 Å². The van der Waals surface area contributed by atoms with E-state index in [-0.39, 0.29) is 47.1 Å². The molecule has 1 aliphatic heterocycles. The number of likely N-dealkylation sites (tertiary alicyclic amines) is 1. The average Bonchev–Trinajstić information content (AvgIpc) is 3.10. The maximum Gasteiger partial charge on any atom is 0.268 e. The van der Waals surface area contributed by atoms with Gasteiger partial charge in [0.2, 0.25) is 0 Å². The number of aromatic hydroxyl groups is 1. The van der Waals surface area contributed by atoms with Crippen molar-refractivity contribution in [1.82, 2.24) is 14.8 Å². The molecule has 1 amide bonds. The quantitative estimate of drug-likeness (QED) is 0.793. The molecular weight excluding hydrogens is 350 g/mol. The van der Waals surface area contributed by atoms with Crippen LogP contribution in [0, 0.1) is 0 Å². The summed E-state index contributed by atoms with van der Waals surface area (Å²) in [4.78, 5) is 27.6. The number of carbonyl (C=O) groups is 1. The van der Waals surface area contributed by atoms with Gasteiger partial charge in [0, 0.05) is 27.6 Å². The third-order valence-corrected chi connectivity index (χ3v) is 4.63. The first-order valence-corrected chi connectivity index (χ1v) is 8.58.